The monoisotopic (exact) mass is 388 g/mol. The summed E-state index contributed by atoms with van der Waals surface area (Å²) in [7, 11) is 0. The largest absolute Gasteiger partial charge is 0.461 e. The number of hydrogen-bond donors (Lipinski definition) is 1. The summed E-state index contributed by atoms with van der Waals surface area (Å²) < 4.78 is 8.59. The average molecular weight is 388 g/mol. The number of nitrogens with zero attached hydrogens (tertiary/aromatic N) is 3. The van der Waals surface area contributed by atoms with Crippen molar-refractivity contribution in [2.45, 2.75) is 20.3 Å². The van der Waals surface area contributed by atoms with Gasteiger partial charge in [-0.2, -0.15) is 0 Å². The Kier molecular flexibility index (Phi) is 5.69. The third-order valence-electron chi connectivity index (χ3n) is 3.40. The van der Waals surface area contributed by atoms with Gasteiger partial charge in [-0.05, 0) is 13.8 Å². The number of amides is 1. The fraction of sp³-hybridized carbons (Fsp3) is 0.235. The second kappa shape index (κ2) is 8.15. The van der Waals surface area contributed by atoms with Crippen LogP contribution in [0.2, 0.25) is 0 Å². The maximum atomic E-state index is 12.3. The van der Waals surface area contributed by atoms with Crippen molar-refractivity contribution in [3.8, 4) is 10.6 Å². The predicted octanol–water partition coefficient (Wildman–Crippen LogP) is 3.33. The quantitative estimate of drug-likeness (QED) is 0.651. The summed E-state index contributed by atoms with van der Waals surface area (Å²) in [5.74, 6) is -0.894. The van der Waals surface area contributed by atoms with Crippen LogP contribution >= 0.6 is 22.9 Å². The number of thiazole rings is 1. The second-order valence-corrected chi connectivity index (χ2v) is 7.02. The van der Waals surface area contributed by atoms with Gasteiger partial charge in [-0.3, -0.25) is 4.79 Å². The molecule has 0 radical (unpaired) electrons. The molecule has 3 aromatic rings. The molecular weight excluding hydrogens is 372 g/mol. The predicted molar refractivity (Wildman–Crippen MR) is 100 cm³/mol. The molecule has 2 aromatic heterocycles. The number of esters is 1. The first-order valence-corrected chi connectivity index (χ1v) is 9.53. The van der Waals surface area contributed by atoms with Crippen LogP contribution in [0.15, 0.2) is 29.6 Å². The van der Waals surface area contributed by atoms with Crippen LogP contribution in [0, 0.1) is 6.92 Å². The van der Waals surface area contributed by atoms with Crippen LogP contribution in [0.25, 0.3) is 10.6 Å². The highest BCUT2D eigenvalue weighted by molar-refractivity contribution is 7.13. The Morgan fingerprint density at radius 1 is 1.23 bits per heavy atom. The molecule has 0 fully saturated rings. The van der Waals surface area contributed by atoms with E-state index in [1.165, 1.54) is 16.9 Å². The van der Waals surface area contributed by atoms with Crippen molar-refractivity contribution in [3.63, 3.8) is 0 Å². The number of benzene rings is 1. The lowest BCUT2D eigenvalue weighted by Gasteiger charge is -2.03. The highest BCUT2D eigenvalue weighted by atomic mass is 32.1. The number of hydrogen-bond acceptors (Lipinski definition) is 8. The van der Waals surface area contributed by atoms with E-state index in [1.54, 1.807) is 6.92 Å². The fourth-order valence-corrected chi connectivity index (χ4v) is 3.56. The zero-order valence-corrected chi connectivity index (χ0v) is 15.8. The summed E-state index contributed by atoms with van der Waals surface area (Å²) in [4.78, 5) is 28.5. The van der Waals surface area contributed by atoms with Crippen molar-refractivity contribution in [3.05, 3.63) is 46.6 Å². The Labute approximate surface area is 158 Å². The van der Waals surface area contributed by atoms with E-state index in [0.29, 0.717) is 5.69 Å². The minimum Gasteiger partial charge on any atom is -0.461 e. The summed E-state index contributed by atoms with van der Waals surface area (Å²) in [6.45, 7) is 3.95. The van der Waals surface area contributed by atoms with Gasteiger partial charge in [0.2, 0.25) is 11.6 Å². The number of rotatable bonds is 6. The second-order valence-electron chi connectivity index (χ2n) is 5.41. The van der Waals surface area contributed by atoms with Crippen LogP contribution < -0.4 is 5.32 Å². The van der Waals surface area contributed by atoms with E-state index in [0.717, 1.165) is 22.1 Å². The zero-order valence-electron chi connectivity index (χ0n) is 14.2. The van der Waals surface area contributed by atoms with E-state index < -0.39 is 5.97 Å². The van der Waals surface area contributed by atoms with Crippen molar-refractivity contribution in [2.75, 3.05) is 11.9 Å². The number of aryl methyl sites for hydroxylation is 1. The molecule has 0 unspecified atom stereocenters. The molecule has 0 spiro atoms. The molecule has 134 valence electrons. The van der Waals surface area contributed by atoms with Crippen molar-refractivity contribution < 1.29 is 14.3 Å². The molecular formula is C17H16N4O3S2. The minimum atomic E-state index is -0.605. The van der Waals surface area contributed by atoms with E-state index >= 15 is 0 Å². The Balaban J connectivity index is 1.65. The normalized spacial score (nSPS) is 10.5. The standard InChI is InChI=1S/C17H16N4O3S2/c1-3-24-17(23)14-16(26-21-20-14)19-13(22)8-12-9-25-15(18-12)11-6-4-10(2)5-7-11/h4-7,9H,3,8H2,1-2H3,(H,19,22). The molecule has 0 saturated carbocycles. The van der Waals surface area contributed by atoms with Gasteiger partial charge in [-0.25, -0.2) is 9.78 Å². The topological polar surface area (TPSA) is 94.1 Å². The lowest BCUT2D eigenvalue weighted by atomic mass is 10.2. The van der Waals surface area contributed by atoms with Crippen LogP contribution in [0.3, 0.4) is 0 Å². The molecule has 0 saturated heterocycles. The first-order valence-electron chi connectivity index (χ1n) is 7.87. The number of ether oxygens (including phenoxy) is 1. The Bertz CT molecular complexity index is 918. The Hall–Kier alpha value is -2.65. The first-order chi connectivity index (χ1) is 12.6. The minimum absolute atomic E-state index is 0.0174. The summed E-state index contributed by atoms with van der Waals surface area (Å²) in [6.07, 6.45) is 0.0997. The molecule has 1 N–H and O–H groups in total. The average Bonchev–Trinajstić information content (AvgIpc) is 3.25. The third kappa shape index (κ3) is 4.30. The van der Waals surface area contributed by atoms with Gasteiger partial charge in [0.05, 0.1) is 18.7 Å². The van der Waals surface area contributed by atoms with Gasteiger partial charge in [0.25, 0.3) is 0 Å². The molecule has 0 atom stereocenters. The SMILES string of the molecule is CCOC(=O)c1nnsc1NC(=O)Cc1csc(-c2ccc(C)cc2)n1. The van der Waals surface area contributed by atoms with E-state index in [2.05, 4.69) is 19.9 Å². The van der Waals surface area contributed by atoms with Gasteiger partial charge in [-0.15, -0.1) is 16.4 Å². The van der Waals surface area contributed by atoms with Crippen LogP contribution in [-0.4, -0.2) is 33.1 Å². The number of carbonyl (C=O) groups is 2. The molecule has 0 aliphatic rings. The summed E-state index contributed by atoms with van der Waals surface area (Å²) in [6, 6.07) is 8.06. The molecule has 1 aromatic carbocycles. The lowest BCUT2D eigenvalue weighted by molar-refractivity contribution is -0.115. The number of carbonyl (C=O) groups excluding carboxylic acids is 2. The van der Waals surface area contributed by atoms with E-state index in [1.807, 2.05) is 36.6 Å². The van der Waals surface area contributed by atoms with Crippen LogP contribution in [0.5, 0.6) is 0 Å². The van der Waals surface area contributed by atoms with Gasteiger partial charge < -0.3 is 10.1 Å². The highest BCUT2D eigenvalue weighted by Crippen LogP contribution is 2.25. The molecule has 2 heterocycles. The molecule has 0 bridgehead atoms. The van der Waals surface area contributed by atoms with Crippen LogP contribution in [0.1, 0.15) is 28.7 Å². The molecule has 9 heteroatoms. The summed E-state index contributed by atoms with van der Waals surface area (Å²) >= 11 is 2.42. The molecule has 1 amide bonds. The van der Waals surface area contributed by atoms with Gasteiger partial charge in [-0.1, -0.05) is 34.3 Å². The van der Waals surface area contributed by atoms with Gasteiger partial charge in [0.1, 0.15) is 5.01 Å². The number of anilines is 1. The van der Waals surface area contributed by atoms with Crippen molar-refractivity contribution in [1.82, 2.24) is 14.6 Å². The molecule has 0 aliphatic heterocycles. The molecule has 3 rings (SSSR count). The fourth-order valence-electron chi connectivity index (χ4n) is 2.16. The van der Waals surface area contributed by atoms with Gasteiger partial charge in [0, 0.05) is 22.5 Å². The summed E-state index contributed by atoms with van der Waals surface area (Å²) in [5, 5.41) is 9.36. The van der Waals surface area contributed by atoms with Crippen LogP contribution in [0.4, 0.5) is 5.00 Å². The van der Waals surface area contributed by atoms with Gasteiger partial charge in [0.15, 0.2) is 5.00 Å². The number of nitrogens with one attached hydrogen (secondary N) is 1. The third-order valence-corrected chi connectivity index (χ3v) is 4.98. The van der Waals surface area contributed by atoms with Crippen molar-refractivity contribution >= 4 is 39.7 Å². The lowest BCUT2D eigenvalue weighted by Crippen LogP contribution is -2.16. The van der Waals surface area contributed by atoms with Crippen molar-refractivity contribution in [1.29, 1.82) is 0 Å². The molecule has 7 nitrogen and oxygen atoms in total. The maximum absolute atomic E-state index is 12.3. The Morgan fingerprint density at radius 2 is 2.00 bits per heavy atom. The molecule has 26 heavy (non-hydrogen) atoms. The van der Waals surface area contributed by atoms with E-state index in [9.17, 15) is 9.59 Å². The van der Waals surface area contributed by atoms with Crippen molar-refractivity contribution in [2.24, 2.45) is 0 Å². The number of aromatic nitrogens is 3. The summed E-state index contributed by atoms with van der Waals surface area (Å²) in [5.41, 5.74) is 2.88. The molecule has 0 aliphatic carbocycles. The Morgan fingerprint density at radius 3 is 2.73 bits per heavy atom. The highest BCUT2D eigenvalue weighted by Gasteiger charge is 2.20. The van der Waals surface area contributed by atoms with E-state index in [-0.39, 0.29) is 29.6 Å². The maximum Gasteiger partial charge on any atom is 0.362 e. The smallest absolute Gasteiger partial charge is 0.362 e. The van der Waals surface area contributed by atoms with E-state index in [4.69, 9.17) is 4.74 Å². The van der Waals surface area contributed by atoms with Crippen LogP contribution in [-0.2, 0) is 16.0 Å². The first kappa shape index (κ1) is 18.2. The van der Waals surface area contributed by atoms with Gasteiger partial charge >= 0.3 is 5.97 Å². The zero-order chi connectivity index (χ0) is 18.5.